The predicted octanol–water partition coefficient (Wildman–Crippen LogP) is 2.48. The third-order valence-electron chi connectivity index (χ3n) is 5.30. The molecule has 140 valence electrons. The van der Waals surface area contributed by atoms with Crippen LogP contribution in [-0.2, 0) is 4.79 Å². The molecule has 2 atom stereocenters. The van der Waals surface area contributed by atoms with E-state index < -0.39 is 0 Å². The molecule has 1 aliphatic rings. The maximum atomic E-state index is 14.0. The number of hydrogen-bond acceptors (Lipinski definition) is 3. The Kier molecular flexibility index (Phi) is 5.44. The van der Waals surface area contributed by atoms with Crippen molar-refractivity contribution in [3.63, 3.8) is 0 Å². The molecule has 1 amide bonds. The monoisotopic (exact) mass is 359 g/mol. The van der Waals surface area contributed by atoms with Crippen LogP contribution in [0.4, 0.5) is 4.39 Å². The highest BCUT2D eigenvalue weighted by Crippen LogP contribution is 2.33. The van der Waals surface area contributed by atoms with Crippen molar-refractivity contribution < 1.29 is 14.3 Å². The highest BCUT2D eigenvalue weighted by molar-refractivity contribution is 5.94. The molecular weight excluding hydrogens is 333 g/mol. The number of likely N-dealkylation sites (N-methyl/N-ethyl adjacent to an activating group) is 1. The average Bonchev–Trinajstić information content (AvgIpc) is 3.03. The summed E-state index contributed by atoms with van der Waals surface area (Å²) in [5.41, 5.74) is 2.38. The van der Waals surface area contributed by atoms with Crippen molar-refractivity contribution in [2.45, 2.75) is 19.9 Å². The molecule has 6 heteroatoms. The van der Waals surface area contributed by atoms with E-state index in [2.05, 4.69) is 4.98 Å². The van der Waals surface area contributed by atoms with Crippen LogP contribution in [0.3, 0.4) is 0 Å². The molecule has 3 rings (SSSR count). The number of aliphatic hydroxyl groups excluding tert-OH is 1. The summed E-state index contributed by atoms with van der Waals surface area (Å²) in [7, 11) is 1.91. The summed E-state index contributed by atoms with van der Waals surface area (Å²) in [5, 5.41) is 10.4. The van der Waals surface area contributed by atoms with E-state index in [0.29, 0.717) is 30.5 Å². The zero-order valence-corrected chi connectivity index (χ0v) is 15.5. The lowest BCUT2D eigenvalue weighted by Crippen LogP contribution is -2.47. The molecule has 0 aliphatic carbocycles. The number of halogens is 1. The van der Waals surface area contributed by atoms with Gasteiger partial charge in [0.05, 0.1) is 24.1 Å². The number of nitrogens with one attached hydrogen (secondary N) is 1. The van der Waals surface area contributed by atoms with Crippen molar-refractivity contribution in [1.82, 2.24) is 14.8 Å². The first-order valence-corrected chi connectivity index (χ1v) is 9.09. The number of aromatic amines is 1. The molecule has 0 fully saturated rings. The minimum absolute atomic E-state index is 0.0614. The first kappa shape index (κ1) is 18.6. The Balaban J connectivity index is 2.09. The predicted molar refractivity (Wildman–Crippen MR) is 101 cm³/mol. The van der Waals surface area contributed by atoms with Crippen molar-refractivity contribution in [3.05, 3.63) is 41.9 Å². The molecule has 0 bridgehead atoms. The maximum absolute atomic E-state index is 14.0. The van der Waals surface area contributed by atoms with Crippen molar-refractivity contribution in [2.24, 2.45) is 5.92 Å². The van der Waals surface area contributed by atoms with Crippen LogP contribution >= 0.6 is 0 Å². The molecule has 26 heavy (non-hydrogen) atoms. The van der Waals surface area contributed by atoms with Gasteiger partial charge in [0.1, 0.15) is 5.82 Å². The second-order valence-electron chi connectivity index (χ2n) is 6.74. The van der Waals surface area contributed by atoms with Gasteiger partial charge in [-0.25, -0.2) is 4.39 Å². The van der Waals surface area contributed by atoms with Crippen LogP contribution in [0.5, 0.6) is 0 Å². The minimum atomic E-state index is -0.303. The number of aliphatic hydroxyl groups is 1. The van der Waals surface area contributed by atoms with Gasteiger partial charge in [-0.1, -0.05) is 18.2 Å². The van der Waals surface area contributed by atoms with Gasteiger partial charge in [-0.2, -0.15) is 0 Å². The lowest BCUT2D eigenvalue weighted by atomic mass is 9.87. The van der Waals surface area contributed by atoms with E-state index in [1.165, 1.54) is 6.20 Å². The van der Waals surface area contributed by atoms with Gasteiger partial charge in [0, 0.05) is 36.8 Å². The third kappa shape index (κ3) is 3.15. The fourth-order valence-electron chi connectivity index (χ4n) is 3.84. The SMILES string of the molecule is CCN(CC)C(=O)[C@@H]1C=C(c2cccc3c(F)c[nH]c23)[C@@H](CO)N(C)C1. The molecule has 1 aromatic heterocycles. The van der Waals surface area contributed by atoms with Crippen LogP contribution in [0.15, 0.2) is 30.5 Å². The molecule has 5 nitrogen and oxygen atoms in total. The molecule has 0 radical (unpaired) electrons. The van der Waals surface area contributed by atoms with Gasteiger partial charge < -0.3 is 15.0 Å². The van der Waals surface area contributed by atoms with Gasteiger partial charge >= 0.3 is 0 Å². The van der Waals surface area contributed by atoms with Crippen LogP contribution < -0.4 is 0 Å². The molecule has 1 aromatic carbocycles. The Morgan fingerprint density at radius 2 is 2.12 bits per heavy atom. The molecule has 0 unspecified atom stereocenters. The first-order valence-electron chi connectivity index (χ1n) is 9.09. The number of rotatable bonds is 5. The fraction of sp³-hybridized carbons (Fsp3) is 0.450. The first-order chi connectivity index (χ1) is 12.5. The highest BCUT2D eigenvalue weighted by Gasteiger charge is 2.33. The topological polar surface area (TPSA) is 59.6 Å². The van der Waals surface area contributed by atoms with Crippen LogP contribution in [0.2, 0.25) is 0 Å². The third-order valence-corrected chi connectivity index (χ3v) is 5.30. The Labute approximate surface area is 153 Å². The Bertz CT molecular complexity index is 826. The largest absolute Gasteiger partial charge is 0.394 e. The summed E-state index contributed by atoms with van der Waals surface area (Å²) in [6.07, 6.45) is 3.29. The quantitative estimate of drug-likeness (QED) is 0.862. The van der Waals surface area contributed by atoms with Gasteiger partial charge in [-0.15, -0.1) is 0 Å². The van der Waals surface area contributed by atoms with Gasteiger partial charge in [0.15, 0.2) is 0 Å². The fourth-order valence-corrected chi connectivity index (χ4v) is 3.84. The number of nitrogens with zero attached hydrogens (tertiary/aromatic N) is 2. The Morgan fingerprint density at radius 1 is 1.38 bits per heavy atom. The second-order valence-corrected chi connectivity index (χ2v) is 6.74. The van der Waals surface area contributed by atoms with E-state index in [1.807, 2.05) is 42.8 Å². The molecule has 0 saturated carbocycles. The number of H-pyrrole nitrogens is 1. The zero-order valence-electron chi connectivity index (χ0n) is 15.5. The van der Waals surface area contributed by atoms with Gasteiger partial charge in [-0.3, -0.25) is 9.69 Å². The van der Waals surface area contributed by atoms with Crippen LogP contribution in [0.1, 0.15) is 19.4 Å². The van der Waals surface area contributed by atoms with Crippen LogP contribution in [0.25, 0.3) is 16.5 Å². The lowest BCUT2D eigenvalue weighted by Gasteiger charge is -2.37. The number of para-hydroxylation sites is 1. The summed E-state index contributed by atoms with van der Waals surface area (Å²) in [6.45, 7) is 5.77. The zero-order chi connectivity index (χ0) is 18.8. The average molecular weight is 359 g/mol. The number of carbonyl (C=O) groups is 1. The summed E-state index contributed by atoms with van der Waals surface area (Å²) >= 11 is 0. The molecule has 2 heterocycles. The van der Waals surface area contributed by atoms with Gasteiger partial charge in [0.25, 0.3) is 0 Å². The highest BCUT2D eigenvalue weighted by atomic mass is 19.1. The van der Waals surface area contributed by atoms with Crippen molar-refractivity contribution in [3.8, 4) is 0 Å². The van der Waals surface area contributed by atoms with Gasteiger partial charge in [0.2, 0.25) is 5.91 Å². The van der Waals surface area contributed by atoms with E-state index in [1.54, 1.807) is 12.1 Å². The minimum Gasteiger partial charge on any atom is -0.394 e. The number of carbonyl (C=O) groups excluding carboxylic acids is 1. The van der Waals surface area contributed by atoms with Crippen molar-refractivity contribution in [2.75, 3.05) is 33.3 Å². The summed E-state index contributed by atoms with van der Waals surface area (Å²) in [4.78, 5) is 19.7. The molecule has 0 saturated heterocycles. The van der Waals surface area contributed by atoms with E-state index in [4.69, 9.17) is 0 Å². The number of fused-ring (bicyclic) bond motifs is 1. The second kappa shape index (κ2) is 7.60. The van der Waals surface area contributed by atoms with Crippen LogP contribution in [-0.4, -0.2) is 65.1 Å². The number of hydrogen-bond donors (Lipinski definition) is 2. The summed E-state index contributed by atoms with van der Waals surface area (Å²) in [5.74, 6) is -0.503. The number of amides is 1. The van der Waals surface area contributed by atoms with E-state index in [0.717, 1.165) is 11.1 Å². The maximum Gasteiger partial charge on any atom is 0.230 e. The van der Waals surface area contributed by atoms with Crippen molar-refractivity contribution in [1.29, 1.82) is 0 Å². The van der Waals surface area contributed by atoms with Gasteiger partial charge in [-0.05, 0) is 32.5 Å². The molecule has 2 N–H and O–H groups in total. The van der Waals surface area contributed by atoms with E-state index in [9.17, 15) is 14.3 Å². The molecule has 1 aliphatic heterocycles. The molecule has 2 aromatic rings. The van der Waals surface area contributed by atoms with E-state index >= 15 is 0 Å². The standard InChI is InChI=1S/C20H26FN3O2/c1-4-24(5-2)20(26)13-9-16(18(12-25)23(3)11-13)14-7-6-8-15-17(21)10-22-19(14)15/h6-10,13,18,22,25H,4-5,11-12H2,1-3H3/t13-,18-/m1/s1. The molecule has 0 spiro atoms. The summed E-state index contributed by atoms with van der Waals surface area (Å²) < 4.78 is 14.0. The Hall–Kier alpha value is -2.18. The number of aromatic nitrogens is 1. The van der Waals surface area contributed by atoms with E-state index in [-0.39, 0.29) is 30.3 Å². The summed E-state index contributed by atoms with van der Waals surface area (Å²) in [6, 6.07) is 5.21. The molecular formula is C20H26FN3O2. The van der Waals surface area contributed by atoms with Crippen molar-refractivity contribution >= 4 is 22.4 Å². The normalized spacial score (nSPS) is 21.0. The smallest absolute Gasteiger partial charge is 0.230 e. The Morgan fingerprint density at radius 3 is 2.77 bits per heavy atom. The van der Waals surface area contributed by atoms with Crippen LogP contribution in [0, 0.1) is 11.7 Å². The lowest BCUT2D eigenvalue weighted by molar-refractivity contribution is -0.134. The number of benzene rings is 1.